The minimum absolute atomic E-state index is 0.152. The van der Waals surface area contributed by atoms with Crippen molar-refractivity contribution >= 4 is 23.2 Å². The molecule has 1 aliphatic heterocycles. The zero-order valence-electron chi connectivity index (χ0n) is 13.5. The maximum Gasteiger partial charge on any atom is 0.265 e. The minimum atomic E-state index is -0.243. The molecule has 126 valence electrons. The maximum absolute atomic E-state index is 12.6. The SMILES string of the molecule is COc1ccsc1C(=O)N[C@@H](CN1CCCC1=O)c1ccccc1. The van der Waals surface area contributed by atoms with Crippen molar-refractivity contribution in [3.05, 3.63) is 52.2 Å². The van der Waals surface area contributed by atoms with Crippen LogP contribution in [0.2, 0.25) is 0 Å². The number of thiophene rings is 1. The van der Waals surface area contributed by atoms with Gasteiger partial charge in [-0.15, -0.1) is 11.3 Å². The summed E-state index contributed by atoms with van der Waals surface area (Å²) in [7, 11) is 1.55. The van der Waals surface area contributed by atoms with E-state index in [4.69, 9.17) is 4.74 Å². The lowest BCUT2D eigenvalue weighted by Crippen LogP contribution is -2.38. The lowest BCUT2D eigenvalue weighted by atomic mass is 10.1. The molecule has 3 rings (SSSR count). The van der Waals surface area contributed by atoms with Crippen LogP contribution in [0, 0.1) is 0 Å². The lowest BCUT2D eigenvalue weighted by Gasteiger charge is -2.25. The highest BCUT2D eigenvalue weighted by Gasteiger charge is 2.26. The topological polar surface area (TPSA) is 58.6 Å². The highest BCUT2D eigenvalue weighted by atomic mass is 32.1. The van der Waals surface area contributed by atoms with Gasteiger partial charge in [0, 0.05) is 19.5 Å². The fourth-order valence-electron chi connectivity index (χ4n) is 2.88. The van der Waals surface area contributed by atoms with E-state index < -0.39 is 0 Å². The molecule has 24 heavy (non-hydrogen) atoms. The number of nitrogens with zero attached hydrogens (tertiary/aromatic N) is 1. The molecule has 0 radical (unpaired) electrons. The van der Waals surface area contributed by atoms with Crippen molar-refractivity contribution in [2.24, 2.45) is 0 Å². The molecule has 1 fully saturated rings. The average Bonchev–Trinajstić information content (AvgIpc) is 3.24. The molecule has 5 nitrogen and oxygen atoms in total. The van der Waals surface area contributed by atoms with Gasteiger partial charge in [0.2, 0.25) is 5.91 Å². The van der Waals surface area contributed by atoms with E-state index in [2.05, 4.69) is 5.32 Å². The van der Waals surface area contributed by atoms with E-state index in [1.54, 1.807) is 13.2 Å². The van der Waals surface area contributed by atoms with Gasteiger partial charge in [-0.1, -0.05) is 30.3 Å². The normalized spacial score (nSPS) is 15.4. The quantitative estimate of drug-likeness (QED) is 0.877. The Bertz CT molecular complexity index is 714. The third-order valence-electron chi connectivity index (χ3n) is 4.14. The molecule has 1 aliphatic rings. The van der Waals surface area contributed by atoms with E-state index >= 15 is 0 Å². The van der Waals surface area contributed by atoms with Crippen LogP contribution in [0.1, 0.15) is 34.1 Å². The summed E-state index contributed by atoms with van der Waals surface area (Å²) in [5.41, 5.74) is 0.987. The van der Waals surface area contributed by atoms with Gasteiger partial charge in [-0.05, 0) is 23.4 Å². The molecular weight excluding hydrogens is 324 g/mol. The largest absolute Gasteiger partial charge is 0.495 e. The number of benzene rings is 1. The molecule has 0 unspecified atom stereocenters. The van der Waals surface area contributed by atoms with Gasteiger partial charge in [0.1, 0.15) is 10.6 Å². The fraction of sp³-hybridized carbons (Fsp3) is 0.333. The Morgan fingerprint density at radius 2 is 2.12 bits per heavy atom. The van der Waals surface area contributed by atoms with Crippen molar-refractivity contribution in [1.29, 1.82) is 0 Å². The van der Waals surface area contributed by atoms with E-state index in [9.17, 15) is 9.59 Å². The summed E-state index contributed by atoms with van der Waals surface area (Å²) >= 11 is 1.35. The van der Waals surface area contributed by atoms with Gasteiger partial charge >= 0.3 is 0 Å². The Hall–Kier alpha value is -2.34. The third kappa shape index (κ3) is 3.59. The van der Waals surface area contributed by atoms with Gasteiger partial charge in [-0.2, -0.15) is 0 Å². The summed E-state index contributed by atoms with van der Waals surface area (Å²) < 4.78 is 5.23. The van der Waals surface area contributed by atoms with Crippen LogP contribution >= 0.6 is 11.3 Å². The molecule has 2 aromatic rings. The zero-order valence-corrected chi connectivity index (χ0v) is 14.3. The zero-order chi connectivity index (χ0) is 16.9. The number of rotatable bonds is 6. The van der Waals surface area contributed by atoms with E-state index in [-0.39, 0.29) is 17.9 Å². The fourth-order valence-corrected chi connectivity index (χ4v) is 3.65. The van der Waals surface area contributed by atoms with Crippen molar-refractivity contribution in [2.75, 3.05) is 20.2 Å². The first-order valence-electron chi connectivity index (χ1n) is 7.94. The van der Waals surface area contributed by atoms with Crippen molar-refractivity contribution in [1.82, 2.24) is 10.2 Å². The monoisotopic (exact) mass is 344 g/mol. The number of nitrogens with one attached hydrogen (secondary N) is 1. The summed E-state index contributed by atoms with van der Waals surface area (Å²) in [6.45, 7) is 1.24. The van der Waals surface area contributed by atoms with E-state index in [1.165, 1.54) is 11.3 Å². The molecule has 2 heterocycles. The summed E-state index contributed by atoms with van der Waals surface area (Å²) in [6, 6.07) is 11.3. The van der Waals surface area contributed by atoms with E-state index in [0.717, 1.165) is 18.5 Å². The number of ether oxygens (including phenoxy) is 1. The second-order valence-corrected chi connectivity index (χ2v) is 6.61. The predicted octanol–water partition coefficient (Wildman–Crippen LogP) is 2.85. The number of methoxy groups -OCH3 is 1. The minimum Gasteiger partial charge on any atom is -0.495 e. The molecule has 0 spiro atoms. The average molecular weight is 344 g/mol. The number of amides is 2. The molecule has 0 saturated carbocycles. The molecule has 1 aromatic carbocycles. The van der Waals surface area contributed by atoms with Crippen LogP contribution in [0.3, 0.4) is 0 Å². The van der Waals surface area contributed by atoms with Gasteiger partial charge in [-0.25, -0.2) is 0 Å². The smallest absolute Gasteiger partial charge is 0.265 e. The van der Waals surface area contributed by atoms with Crippen molar-refractivity contribution in [3.63, 3.8) is 0 Å². The molecule has 1 saturated heterocycles. The molecule has 0 aliphatic carbocycles. The van der Waals surface area contributed by atoms with Crippen LogP contribution < -0.4 is 10.1 Å². The van der Waals surface area contributed by atoms with Gasteiger partial charge in [0.15, 0.2) is 0 Å². The number of carbonyl (C=O) groups is 2. The van der Waals surface area contributed by atoms with Gasteiger partial charge < -0.3 is 15.0 Å². The lowest BCUT2D eigenvalue weighted by molar-refractivity contribution is -0.128. The highest BCUT2D eigenvalue weighted by molar-refractivity contribution is 7.12. The first-order valence-corrected chi connectivity index (χ1v) is 8.82. The van der Waals surface area contributed by atoms with Crippen LogP contribution in [0.25, 0.3) is 0 Å². The highest BCUT2D eigenvalue weighted by Crippen LogP contribution is 2.26. The first-order chi connectivity index (χ1) is 11.7. The maximum atomic E-state index is 12.6. The van der Waals surface area contributed by atoms with E-state index in [0.29, 0.717) is 23.6 Å². The molecule has 1 aromatic heterocycles. The Morgan fingerprint density at radius 3 is 2.79 bits per heavy atom. The summed E-state index contributed by atoms with van der Waals surface area (Å²) in [4.78, 5) is 27.0. The van der Waals surface area contributed by atoms with Crippen LogP contribution in [0.15, 0.2) is 41.8 Å². The molecule has 6 heteroatoms. The van der Waals surface area contributed by atoms with Crippen molar-refractivity contribution in [2.45, 2.75) is 18.9 Å². The van der Waals surface area contributed by atoms with Crippen LogP contribution in [0.4, 0.5) is 0 Å². The first kappa shape index (κ1) is 16.5. The number of carbonyl (C=O) groups excluding carboxylic acids is 2. The van der Waals surface area contributed by atoms with Gasteiger partial charge in [0.05, 0.1) is 13.2 Å². The standard InChI is InChI=1S/C18H20N2O3S/c1-23-15-9-11-24-17(15)18(22)19-14(13-6-3-2-4-7-13)12-20-10-5-8-16(20)21/h2-4,6-7,9,11,14H,5,8,10,12H2,1H3,(H,19,22)/t14-/m0/s1. The van der Waals surface area contributed by atoms with Crippen molar-refractivity contribution < 1.29 is 14.3 Å². The predicted molar refractivity (Wildman–Crippen MR) is 93.3 cm³/mol. The van der Waals surface area contributed by atoms with Crippen LogP contribution in [-0.4, -0.2) is 36.9 Å². The Labute approximate surface area is 145 Å². The Morgan fingerprint density at radius 1 is 1.33 bits per heavy atom. The van der Waals surface area contributed by atoms with E-state index in [1.807, 2.05) is 40.6 Å². The molecule has 1 N–H and O–H groups in total. The second kappa shape index (κ2) is 7.49. The molecular formula is C18H20N2O3S. The Balaban J connectivity index is 1.79. The summed E-state index contributed by atoms with van der Waals surface area (Å²) in [5, 5.41) is 4.88. The summed E-state index contributed by atoms with van der Waals surface area (Å²) in [6.07, 6.45) is 1.47. The van der Waals surface area contributed by atoms with Gasteiger partial charge in [-0.3, -0.25) is 9.59 Å². The number of hydrogen-bond donors (Lipinski definition) is 1. The third-order valence-corrected chi connectivity index (χ3v) is 5.03. The Kier molecular flexibility index (Phi) is 5.15. The summed E-state index contributed by atoms with van der Waals surface area (Å²) in [5.74, 6) is 0.544. The van der Waals surface area contributed by atoms with Crippen molar-refractivity contribution in [3.8, 4) is 5.75 Å². The second-order valence-electron chi connectivity index (χ2n) is 5.70. The van der Waals surface area contributed by atoms with Gasteiger partial charge in [0.25, 0.3) is 5.91 Å². The molecule has 0 bridgehead atoms. The van der Waals surface area contributed by atoms with Crippen LogP contribution in [0.5, 0.6) is 5.75 Å². The molecule has 1 atom stereocenters. The number of likely N-dealkylation sites (tertiary alicyclic amines) is 1. The molecule has 2 amide bonds. The van der Waals surface area contributed by atoms with Crippen LogP contribution in [-0.2, 0) is 4.79 Å². The number of hydrogen-bond acceptors (Lipinski definition) is 4.